The molecule has 7 heteroatoms. The highest BCUT2D eigenvalue weighted by Crippen LogP contribution is 2.25. The number of hydrogen-bond acceptors (Lipinski definition) is 6. The Morgan fingerprint density at radius 2 is 1.68 bits per heavy atom. The SMILES string of the molecule is CO/N=C/c1c(N)ncnc1Nc1ccc(-c2ccc(Cl)cc2)cc1. The molecule has 6 nitrogen and oxygen atoms in total. The van der Waals surface area contributed by atoms with Gasteiger partial charge in [-0.25, -0.2) is 9.97 Å². The lowest BCUT2D eigenvalue weighted by molar-refractivity contribution is 0.215. The van der Waals surface area contributed by atoms with Gasteiger partial charge in [-0.05, 0) is 35.4 Å². The maximum absolute atomic E-state index is 5.93. The number of aromatic nitrogens is 2. The molecule has 3 aromatic rings. The van der Waals surface area contributed by atoms with Crippen LogP contribution in [0.4, 0.5) is 17.3 Å². The number of nitrogens with two attached hydrogens (primary N) is 1. The van der Waals surface area contributed by atoms with Crippen LogP contribution >= 0.6 is 11.6 Å². The van der Waals surface area contributed by atoms with Crippen molar-refractivity contribution in [1.82, 2.24) is 9.97 Å². The van der Waals surface area contributed by atoms with Gasteiger partial charge in [-0.2, -0.15) is 0 Å². The van der Waals surface area contributed by atoms with E-state index in [0.29, 0.717) is 22.2 Å². The van der Waals surface area contributed by atoms with Crippen molar-refractivity contribution in [2.24, 2.45) is 5.16 Å². The second kappa shape index (κ2) is 7.63. The lowest BCUT2D eigenvalue weighted by Crippen LogP contribution is -2.05. The van der Waals surface area contributed by atoms with Gasteiger partial charge in [-0.1, -0.05) is 41.0 Å². The van der Waals surface area contributed by atoms with E-state index < -0.39 is 0 Å². The fourth-order valence-electron chi connectivity index (χ4n) is 2.27. The molecule has 0 amide bonds. The average molecular weight is 354 g/mol. The number of oxime groups is 1. The second-order valence-electron chi connectivity index (χ2n) is 5.15. The molecule has 0 spiro atoms. The Bertz CT molecular complexity index is 879. The number of anilines is 3. The first-order valence-electron chi connectivity index (χ1n) is 7.47. The van der Waals surface area contributed by atoms with Crippen LogP contribution in [0.25, 0.3) is 11.1 Å². The van der Waals surface area contributed by atoms with E-state index >= 15 is 0 Å². The third-order valence-corrected chi connectivity index (χ3v) is 3.78. The molecule has 1 heterocycles. The lowest BCUT2D eigenvalue weighted by atomic mass is 10.1. The molecule has 0 unspecified atom stereocenters. The highest BCUT2D eigenvalue weighted by Gasteiger charge is 2.08. The summed E-state index contributed by atoms with van der Waals surface area (Å²) in [5.74, 6) is 0.864. The number of hydrogen-bond donors (Lipinski definition) is 2. The predicted molar refractivity (Wildman–Crippen MR) is 101 cm³/mol. The highest BCUT2D eigenvalue weighted by molar-refractivity contribution is 6.30. The first-order valence-corrected chi connectivity index (χ1v) is 7.85. The third-order valence-electron chi connectivity index (χ3n) is 3.53. The van der Waals surface area contributed by atoms with Crippen LogP contribution in [0.5, 0.6) is 0 Å². The summed E-state index contributed by atoms with van der Waals surface area (Å²) < 4.78 is 0. The minimum absolute atomic E-state index is 0.316. The van der Waals surface area contributed by atoms with Crippen molar-refractivity contribution in [3.63, 3.8) is 0 Å². The maximum atomic E-state index is 5.93. The topological polar surface area (TPSA) is 85.4 Å². The fraction of sp³-hybridized carbons (Fsp3) is 0.0556. The Labute approximate surface area is 150 Å². The summed E-state index contributed by atoms with van der Waals surface area (Å²) in [5.41, 5.74) is 9.49. The van der Waals surface area contributed by atoms with Gasteiger partial charge >= 0.3 is 0 Å². The summed E-state index contributed by atoms with van der Waals surface area (Å²) in [6.45, 7) is 0. The highest BCUT2D eigenvalue weighted by atomic mass is 35.5. The van der Waals surface area contributed by atoms with E-state index in [1.165, 1.54) is 19.7 Å². The zero-order valence-corrected chi connectivity index (χ0v) is 14.2. The van der Waals surface area contributed by atoms with Crippen molar-refractivity contribution < 1.29 is 4.84 Å². The van der Waals surface area contributed by atoms with Gasteiger partial charge in [0.1, 0.15) is 25.1 Å². The van der Waals surface area contributed by atoms with Crippen molar-refractivity contribution >= 4 is 35.1 Å². The minimum atomic E-state index is 0.316. The molecule has 25 heavy (non-hydrogen) atoms. The molecular weight excluding hydrogens is 338 g/mol. The largest absolute Gasteiger partial charge is 0.399 e. The molecule has 2 aromatic carbocycles. The predicted octanol–water partition coefficient (Wildman–Crippen LogP) is 4.10. The fourth-order valence-corrected chi connectivity index (χ4v) is 2.39. The summed E-state index contributed by atoms with van der Waals surface area (Å²) in [7, 11) is 1.46. The number of rotatable bonds is 5. The molecule has 3 rings (SSSR count). The van der Waals surface area contributed by atoms with Crippen molar-refractivity contribution in [3.05, 3.63) is 65.4 Å². The van der Waals surface area contributed by atoms with Crippen LogP contribution in [0.15, 0.2) is 60.0 Å². The van der Waals surface area contributed by atoms with Gasteiger partial charge in [0.25, 0.3) is 0 Å². The zero-order valence-electron chi connectivity index (χ0n) is 13.5. The van der Waals surface area contributed by atoms with E-state index in [2.05, 4.69) is 20.4 Å². The van der Waals surface area contributed by atoms with Gasteiger partial charge in [0.05, 0.1) is 11.8 Å². The first-order chi connectivity index (χ1) is 12.2. The smallest absolute Gasteiger partial charge is 0.144 e. The molecule has 1 aromatic heterocycles. The minimum Gasteiger partial charge on any atom is -0.399 e. The standard InChI is InChI=1S/C18H16ClN5O/c1-25-23-10-16-17(20)21-11-22-18(16)24-15-8-4-13(5-9-15)12-2-6-14(19)7-3-12/h2-11H,1H3,(H3,20,21,22,24)/b23-10+. The molecule has 0 aliphatic heterocycles. The molecule has 126 valence electrons. The number of halogens is 1. The van der Waals surface area contributed by atoms with Gasteiger partial charge < -0.3 is 15.9 Å². The van der Waals surface area contributed by atoms with Crippen LogP contribution < -0.4 is 11.1 Å². The number of benzene rings is 2. The van der Waals surface area contributed by atoms with Crippen molar-refractivity contribution in [3.8, 4) is 11.1 Å². The Kier molecular flexibility index (Phi) is 5.11. The molecule has 0 bridgehead atoms. The van der Waals surface area contributed by atoms with Crippen molar-refractivity contribution in [2.75, 3.05) is 18.2 Å². The number of nitrogens with zero attached hydrogens (tertiary/aromatic N) is 3. The molecule has 0 saturated carbocycles. The van der Waals surface area contributed by atoms with E-state index in [0.717, 1.165) is 16.8 Å². The van der Waals surface area contributed by atoms with Crippen LogP contribution in [0.2, 0.25) is 5.02 Å². The molecular formula is C18H16ClN5O. The summed E-state index contributed by atoms with van der Waals surface area (Å²) in [4.78, 5) is 12.9. The van der Waals surface area contributed by atoms with E-state index in [1.54, 1.807) is 0 Å². The van der Waals surface area contributed by atoms with Crippen LogP contribution in [-0.2, 0) is 4.84 Å². The van der Waals surface area contributed by atoms with Crippen LogP contribution in [-0.4, -0.2) is 23.3 Å². The summed E-state index contributed by atoms with van der Waals surface area (Å²) in [6, 6.07) is 15.6. The van der Waals surface area contributed by atoms with Gasteiger partial charge in [0.15, 0.2) is 0 Å². The van der Waals surface area contributed by atoms with E-state index in [4.69, 9.17) is 22.2 Å². The molecule has 0 aliphatic rings. The number of nitrogens with one attached hydrogen (secondary N) is 1. The second-order valence-corrected chi connectivity index (χ2v) is 5.58. The van der Waals surface area contributed by atoms with Gasteiger partial charge in [-0.15, -0.1) is 0 Å². The molecule has 0 saturated heterocycles. The normalized spacial score (nSPS) is 10.8. The molecule has 3 N–H and O–H groups in total. The van der Waals surface area contributed by atoms with E-state index in [-0.39, 0.29) is 0 Å². The quantitative estimate of drug-likeness (QED) is 0.532. The molecule has 0 atom stereocenters. The Hall–Kier alpha value is -3.12. The Balaban J connectivity index is 1.83. The zero-order chi connectivity index (χ0) is 17.6. The van der Waals surface area contributed by atoms with Gasteiger partial charge in [0.2, 0.25) is 0 Å². The summed E-state index contributed by atoms with van der Waals surface area (Å²) >= 11 is 5.93. The number of nitrogen functional groups attached to an aromatic ring is 1. The third kappa shape index (κ3) is 4.05. The van der Waals surface area contributed by atoms with Crippen LogP contribution in [0.1, 0.15) is 5.56 Å². The van der Waals surface area contributed by atoms with Gasteiger partial charge in [-0.3, -0.25) is 0 Å². The van der Waals surface area contributed by atoms with E-state index in [9.17, 15) is 0 Å². The summed E-state index contributed by atoms with van der Waals surface area (Å²) in [6.07, 6.45) is 2.86. The van der Waals surface area contributed by atoms with E-state index in [1.807, 2.05) is 48.5 Å². The monoisotopic (exact) mass is 353 g/mol. The average Bonchev–Trinajstić information content (AvgIpc) is 2.63. The Morgan fingerprint density at radius 1 is 1.04 bits per heavy atom. The van der Waals surface area contributed by atoms with Crippen molar-refractivity contribution in [2.45, 2.75) is 0 Å². The van der Waals surface area contributed by atoms with Crippen molar-refractivity contribution in [1.29, 1.82) is 0 Å². The summed E-state index contributed by atoms with van der Waals surface area (Å²) in [5, 5.41) is 7.66. The van der Waals surface area contributed by atoms with Crippen LogP contribution in [0, 0.1) is 0 Å². The lowest BCUT2D eigenvalue weighted by Gasteiger charge is -2.10. The van der Waals surface area contributed by atoms with Gasteiger partial charge in [0, 0.05) is 10.7 Å². The molecule has 0 fully saturated rings. The van der Waals surface area contributed by atoms with Crippen LogP contribution in [0.3, 0.4) is 0 Å². The maximum Gasteiger partial charge on any atom is 0.144 e. The molecule has 0 radical (unpaired) electrons. The molecule has 0 aliphatic carbocycles. The first kappa shape index (κ1) is 16.7. The Morgan fingerprint density at radius 3 is 2.32 bits per heavy atom.